The van der Waals surface area contributed by atoms with E-state index in [0.29, 0.717) is 0 Å². The number of ether oxygens (including phenoxy) is 1. The summed E-state index contributed by atoms with van der Waals surface area (Å²) in [5.74, 6) is 1.77. The highest BCUT2D eigenvalue weighted by atomic mass is 16.5. The maximum absolute atomic E-state index is 6.59. The monoisotopic (exact) mass is 384 g/mol. The molecule has 0 heterocycles. The van der Waals surface area contributed by atoms with Gasteiger partial charge in [-0.25, -0.2) is 0 Å². The molecule has 0 aliphatic rings. The third-order valence-corrected chi connectivity index (χ3v) is 5.03. The van der Waals surface area contributed by atoms with Gasteiger partial charge >= 0.3 is 0 Å². The largest absolute Gasteiger partial charge is 0.456 e. The van der Waals surface area contributed by atoms with Crippen LogP contribution in [0.5, 0.6) is 5.75 Å². The van der Waals surface area contributed by atoms with E-state index in [1.54, 1.807) is 0 Å². The molecular formula is C28H32O. The van der Waals surface area contributed by atoms with Crippen LogP contribution in [-0.4, -0.2) is 0 Å². The topological polar surface area (TPSA) is 9.23 Å². The molecule has 0 unspecified atom stereocenters. The van der Waals surface area contributed by atoms with Gasteiger partial charge in [-0.3, -0.25) is 0 Å². The van der Waals surface area contributed by atoms with Crippen LogP contribution in [0, 0.1) is 0 Å². The van der Waals surface area contributed by atoms with Crippen molar-refractivity contribution >= 4 is 11.8 Å². The molecule has 0 fully saturated rings. The third kappa shape index (κ3) is 5.38. The Morgan fingerprint density at radius 1 is 0.690 bits per heavy atom. The van der Waals surface area contributed by atoms with Crippen LogP contribution >= 0.6 is 0 Å². The highest BCUT2D eigenvalue weighted by Gasteiger charge is 2.24. The van der Waals surface area contributed by atoms with E-state index in [4.69, 9.17) is 4.74 Å². The van der Waals surface area contributed by atoms with Crippen molar-refractivity contribution in [3.8, 4) is 5.75 Å². The fourth-order valence-corrected chi connectivity index (χ4v) is 3.26. The van der Waals surface area contributed by atoms with Crippen molar-refractivity contribution in [2.45, 2.75) is 52.4 Å². The Bertz CT molecular complexity index is 968. The molecule has 0 N–H and O–H groups in total. The van der Waals surface area contributed by atoms with E-state index < -0.39 is 0 Å². The molecule has 0 aromatic heterocycles. The average molecular weight is 385 g/mol. The van der Waals surface area contributed by atoms with Crippen molar-refractivity contribution in [1.29, 1.82) is 0 Å². The van der Waals surface area contributed by atoms with Crippen molar-refractivity contribution in [3.63, 3.8) is 0 Å². The minimum absolute atomic E-state index is 0.0227. The second kappa shape index (κ2) is 8.29. The van der Waals surface area contributed by atoms with Crippen LogP contribution in [0.4, 0.5) is 0 Å². The zero-order valence-corrected chi connectivity index (χ0v) is 18.5. The van der Waals surface area contributed by atoms with Crippen LogP contribution < -0.4 is 4.74 Å². The Labute approximate surface area is 176 Å². The fourth-order valence-electron chi connectivity index (χ4n) is 3.26. The molecule has 0 atom stereocenters. The number of benzene rings is 3. The standard InChI is InChI=1S/C28H32O/c1-27(2,3)23-17-18-25(24(20-23)28(4,5)6)29-26(22-15-11-8-12-16-22)19-21-13-9-7-10-14-21/h7-20H,1-6H3/b26-19+. The maximum Gasteiger partial charge on any atom is 0.135 e. The molecule has 0 radical (unpaired) electrons. The summed E-state index contributed by atoms with van der Waals surface area (Å²) in [6.45, 7) is 13.5. The van der Waals surface area contributed by atoms with E-state index in [1.807, 2.05) is 36.4 Å². The second-order valence-corrected chi connectivity index (χ2v) is 9.60. The van der Waals surface area contributed by atoms with Crippen LogP contribution in [0.2, 0.25) is 0 Å². The van der Waals surface area contributed by atoms with E-state index in [0.717, 1.165) is 22.6 Å². The first-order valence-electron chi connectivity index (χ1n) is 10.3. The van der Waals surface area contributed by atoms with Crippen LogP contribution in [0.3, 0.4) is 0 Å². The number of hydrogen-bond acceptors (Lipinski definition) is 1. The summed E-state index contributed by atoms with van der Waals surface area (Å²) in [4.78, 5) is 0. The van der Waals surface area contributed by atoms with Crippen LogP contribution in [-0.2, 0) is 10.8 Å². The summed E-state index contributed by atoms with van der Waals surface area (Å²) >= 11 is 0. The van der Waals surface area contributed by atoms with Gasteiger partial charge in [-0.05, 0) is 34.1 Å². The Balaban J connectivity index is 2.09. The minimum Gasteiger partial charge on any atom is -0.456 e. The summed E-state index contributed by atoms with van der Waals surface area (Å²) in [6.07, 6.45) is 2.11. The SMILES string of the molecule is CC(C)(C)c1ccc(O/C(=C/c2ccccc2)c2ccccc2)c(C(C)(C)C)c1. The Hall–Kier alpha value is -2.80. The smallest absolute Gasteiger partial charge is 0.135 e. The zero-order valence-electron chi connectivity index (χ0n) is 18.5. The molecule has 0 aliphatic heterocycles. The molecule has 1 nitrogen and oxygen atoms in total. The number of hydrogen-bond donors (Lipinski definition) is 0. The van der Waals surface area contributed by atoms with Crippen molar-refractivity contribution in [3.05, 3.63) is 101 Å². The van der Waals surface area contributed by atoms with Gasteiger partial charge < -0.3 is 4.74 Å². The maximum atomic E-state index is 6.59. The Morgan fingerprint density at radius 2 is 1.28 bits per heavy atom. The molecule has 3 rings (SSSR count). The van der Waals surface area contributed by atoms with Gasteiger partial charge in [0.25, 0.3) is 0 Å². The molecule has 29 heavy (non-hydrogen) atoms. The van der Waals surface area contributed by atoms with Crippen molar-refractivity contribution in [2.24, 2.45) is 0 Å². The lowest BCUT2D eigenvalue weighted by Crippen LogP contribution is -2.17. The van der Waals surface area contributed by atoms with E-state index in [1.165, 1.54) is 11.1 Å². The lowest BCUT2D eigenvalue weighted by atomic mass is 9.80. The predicted octanol–water partition coefficient (Wildman–Crippen LogP) is 7.86. The van der Waals surface area contributed by atoms with Crippen molar-refractivity contribution < 1.29 is 4.74 Å². The van der Waals surface area contributed by atoms with Gasteiger partial charge in [0, 0.05) is 11.1 Å². The molecule has 3 aromatic rings. The van der Waals surface area contributed by atoms with Crippen LogP contribution in [0.1, 0.15) is 63.8 Å². The first-order valence-corrected chi connectivity index (χ1v) is 10.3. The molecular weight excluding hydrogens is 352 g/mol. The fraction of sp³-hybridized carbons (Fsp3) is 0.286. The Kier molecular flexibility index (Phi) is 5.98. The molecule has 0 saturated carbocycles. The normalized spacial score (nSPS) is 12.7. The summed E-state index contributed by atoms with van der Waals surface area (Å²) < 4.78 is 6.59. The highest BCUT2D eigenvalue weighted by Crippen LogP contribution is 2.37. The molecule has 0 saturated heterocycles. The molecule has 0 amide bonds. The first-order chi connectivity index (χ1) is 13.6. The van der Waals surface area contributed by atoms with Gasteiger partial charge in [-0.15, -0.1) is 0 Å². The molecule has 3 aromatic carbocycles. The van der Waals surface area contributed by atoms with Gasteiger partial charge in [0.2, 0.25) is 0 Å². The summed E-state index contributed by atoms with van der Waals surface area (Å²) in [5, 5.41) is 0. The second-order valence-electron chi connectivity index (χ2n) is 9.60. The molecule has 1 heteroatoms. The molecule has 0 bridgehead atoms. The van der Waals surface area contributed by atoms with Crippen molar-refractivity contribution in [2.75, 3.05) is 0 Å². The third-order valence-electron chi connectivity index (χ3n) is 5.03. The summed E-state index contributed by atoms with van der Waals surface area (Å²) in [5.41, 5.74) is 4.81. The van der Waals surface area contributed by atoms with Crippen LogP contribution in [0.25, 0.3) is 11.8 Å². The van der Waals surface area contributed by atoms with Gasteiger partial charge in [0.15, 0.2) is 0 Å². The minimum atomic E-state index is -0.0227. The lowest BCUT2D eigenvalue weighted by Gasteiger charge is -2.27. The highest BCUT2D eigenvalue weighted by molar-refractivity contribution is 5.78. The average Bonchev–Trinajstić information content (AvgIpc) is 2.67. The van der Waals surface area contributed by atoms with Gasteiger partial charge in [-0.1, -0.05) is 114 Å². The van der Waals surface area contributed by atoms with Gasteiger partial charge in [0.1, 0.15) is 11.5 Å². The zero-order chi connectivity index (χ0) is 21.1. The van der Waals surface area contributed by atoms with Gasteiger partial charge in [-0.2, -0.15) is 0 Å². The molecule has 150 valence electrons. The van der Waals surface area contributed by atoms with Crippen LogP contribution in [0.15, 0.2) is 78.9 Å². The molecule has 0 aliphatic carbocycles. The first kappa shape index (κ1) is 20.9. The quantitative estimate of drug-likeness (QED) is 0.328. The van der Waals surface area contributed by atoms with E-state index in [9.17, 15) is 0 Å². The van der Waals surface area contributed by atoms with Crippen molar-refractivity contribution in [1.82, 2.24) is 0 Å². The van der Waals surface area contributed by atoms with E-state index in [-0.39, 0.29) is 10.8 Å². The van der Waals surface area contributed by atoms with Gasteiger partial charge in [0.05, 0.1) is 0 Å². The number of rotatable bonds is 4. The predicted molar refractivity (Wildman–Crippen MR) is 125 cm³/mol. The summed E-state index contributed by atoms with van der Waals surface area (Å²) in [7, 11) is 0. The Morgan fingerprint density at radius 3 is 1.83 bits per heavy atom. The molecule has 0 spiro atoms. The lowest BCUT2D eigenvalue weighted by molar-refractivity contribution is 0.479. The van der Waals surface area contributed by atoms with E-state index in [2.05, 4.69) is 90.1 Å². The van der Waals surface area contributed by atoms with E-state index >= 15 is 0 Å². The summed E-state index contributed by atoms with van der Waals surface area (Å²) in [6, 6.07) is 27.3.